The highest BCUT2D eigenvalue weighted by Gasteiger charge is 2.41. The second-order valence-corrected chi connectivity index (χ2v) is 12.1. The first-order valence-corrected chi connectivity index (χ1v) is 14.3. The third-order valence-electron chi connectivity index (χ3n) is 7.80. The van der Waals surface area contributed by atoms with Gasteiger partial charge < -0.3 is 0 Å². The minimum Gasteiger partial charge on any atom is -0.166 e. The first-order chi connectivity index (χ1) is 17.0. The summed E-state index contributed by atoms with van der Waals surface area (Å²) in [7, 11) is -0.819. The van der Waals surface area contributed by atoms with Crippen molar-refractivity contribution < 1.29 is 13.2 Å². The zero-order valence-corrected chi connectivity index (χ0v) is 21.0. The van der Waals surface area contributed by atoms with Crippen LogP contribution >= 0.6 is 0 Å². The van der Waals surface area contributed by atoms with E-state index in [1.165, 1.54) is 87.5 Å². The number of alkyl halides is 3. The van der Waals surface area contributed by atoms with Crippen LogP contribution < -0.4 is 0 Å². The van der Waals surface area contributed by atoms with Crippen molar-refractivity contribution in [2.75, 3.05) is 0 Å². The predicted molar refractivity (Wildman–Crippen MR) is 138 cm³/mol. The van der Waals surface area contributed by atoms with Gasteiger partial charge in [-0.3, -0.25) is 0 Å². The Morgan fingerprint density at radius 2 is 0.971 bits per heavy atom. The molecule has 0 nitrogen and oxygen atoms in total. The third kappa shape index (κ3) is 5.63. The summed E-state index contributed by atoms with van der Waals surface area (Å²) in [6, 6.07) is 23.1. The maximum Gasteiger partial charge on any atom is 0.421 e. The number of halogens is 3. The minimum atomic E-state index is -4.38. The molecule has 0 aromatic heterocycles. The van der Waals surface area contributed by atoms with Crippen LogP contribution in [-0.2, 0) is 17.1 Å². The van der Waals surface area contributed by atoms with E-state index in [1.54, 1.807) is 12.1 Å². The molecule has 0 atom stereocenters. The maximum atomic E-state index is 14.1. The monoisotopic (exact) mass is 495 g/mol. The molecule has 2 saturated carbocycles. The van der Waals surface area contributed by atoms with Gasteiger partial charge in [0, 0.05) is 0 Å². The number of rotatable bonds is 5. The zero-order chi connectivity index (χ0) is 24.3. The molecule has 35 heavy (non-hydrogen) atoms. The second-order valence-electron chi connectivity index (χ2n) is 10.1. The van der Waals surface area contributed by atoms with Gasteiger partial charge in [-0.1, -0.05) is 74.9 Å². The van der Waals surface area contributed by atoms with E-state index in [9.17, 15) is 13.2 Å². The normalized spacial score (nSPS) is 18.2. The Kier molecular flexibility index (Phi) is 7.57. The van der Waals surface area contributed by atoms with E-state index in [4.69, 9.17) is 0 Å². The molecule has 0 spiro atoms. The molecule has 0 saturated heterocycles. The van der Waals surface area contributed by atoms with Crippen LogP contribution in [0.4, 0.5) is 13.2 Å². The van der Waals surface area contributed by atoms with Gasteiger partial charge in [0.2, 0.25) is 0 Å². The molecule has 4 heteroatoms. The topological polar surface area (TPSA) is 0 Å². The summed E-state index contributed by atoms with van der Waals surface area (Å²) in [5.74, 6) is 1.16. The van der Waals surface area contributed by atoms with Gasteiger partial charge in [0.05, 0.1) is 10.9 Å². The smallest absolute Gasteiger partial charge is 0.166 e. The molecule has 3 aromatic carbocycles. The fraction of sp³-hybridized carbons (Fsp3) is 0.419. The van der Waals surface area contributed by atoms with Gasteiger partial charge in [-0.25, -0.2) is 0 Å². The van der Waals surface area contributed by atoms with Crippen LogP contribution in [0.2, 0.25) is 0 Å². The summed E-state index contributed by atoms with van der Waals surface area (Å²) in [5, 5.41) is 0. The van der Waals surface area contributed by atoms with Crippen molar-refractivity contribution in [1.29, 1.82) is 0 Å². The van der Waals surface area contributed by atoms with E-state index in [0.29, 0.717) is 16.7 Å². The molecule has 0 N–H and O–H groups in total. The van der Waals surface area contributed by atoms with Crippen LogP contribution in [0.1, 0.15) is 92.7 Å². The molecule has 3 aromatic rings. The number of hydrogen-bond acceptors (Lipinski definition) is 0. The van der Waals surface area contributed by atoms with Crippen molar-refractivity contribution in [3.8, 4) is 0 Å². The highest BCUT2D eigenvalue weighted by Crippen LogP contribution is 2.42. The molecular weight excluding hydrogens is 461 g/mol. The summed E-state index contributed by atoms with van der Waals surface area (Å²) < 4.78 is 42.2. The molecule has 0 radical (unpaired) electrons. The Balaban J connectivity index is 1.53. The first kappa shape index (κ1) is 24.5. The van der Waals surface area contributed by atoms with Crippen LogP contribution in [0.15, 0.2) is 87.5 Å². The Labute approximate surface area is 210 Å². The fourth-order valence-corrected chi connectivity index (χ4v) is 8.11. The van der Waals surface area contributed by atoms with Gasteiger partial charge in [0.1, 0.15) is 5.56 Å². The summed E-state index contributed by atoms with van der Waals surface area (Å²) in [6.45, 7) is 0. The molecule has 184 valence electrons. The van der Waals surface area contributed by atoms with Gasteiger partial charge in [-0.05, 0) is 85.0 Å². The lowest BCUT2D eigenvalue weighted by atomic mass is 9.84. The van der Waals surface area contributed by atoms with Crippen LogP contribution in [0.25, 0.3) is 0 Å². The predicted octanol–water partition coefficient (Wildman–Crippen LogP) is 9.90. The van der Waals surface area contributed by atoms with Gasteiger partial charge in [0.15, 0.2) is 14.7 Å². The lowest BCUT2D eigenvalue weighted by Crippen LogP contribution is -2.15. The van der Waals surface area contributed by atoms with E-state index in [0.717, 1.165) is 9.79 Å². The van der Waals surface area contributed by atoms with Crippen molar-refractivity contribution in [3.63, 3.8) is 0 Å². The van der Waals surface area contributed by atoms with Crippen molar-refractivity contribution in [2.45, 2.75) is 96.9 Å². The highest BCUT2D eigenvalue weighted by molar-refractivity contribution is 7.97. The lowest BCUT2D eigenvalue weighted by Gasteiger charge is -2.22. The Bertz CT molecular complexity index is 1030. The largest absolute Gasteiger partial charge is 0.421 e. The van der Waals surface area contributed by atoms with Crippen molar-refractivity contribution >= 4 is 10.9 Å². The van der Waals surface area contributed by atoms with Crippen molar-refractivity contribution in [2.24, 2.45) is 0 Å². The van der Waals surface area contributed by atoms with E-state index >= 15 is 0 Å². The Morgan fingerprint density at radius 1 is 0.543 bits per heavy atom. The van der Waals surface area contributed by atoms with Gasteiger partial charge in [-0.15, -0.1) is 0 Å². The van der Waals surface area contributed by atoms with Crippen molar-refractivity contribution in [3.05, 3.63) is 89.5 Å². The van der Waals surface area contributed by atoms with Gasteiger partial charge in [-0.2, -0.15) is 13.2 Å². The number of benzene rings is 3. The Morgan fingerprint density at radius 3 is 1.40 bits per heavy atom. The van der Waals surface area contributed by atoms with Gasteiger partial charge >= 0.3 is 6.18 Å². The molecule has 0 heterocycles. The fourth-order valence-electron chi connectivity index (χ4n) is 5.89. The zero-order valence-electron chi connectivity index (χ0n) is 20.2. The average molecular weight is 496 g/mol. The molecular formula is C31H34F3S+. The van der Waals surface area contributed by atoms with Gasteiger partial charge in [0.25, 0.3) is 0 Å². The molecule has 0 bridgehead atoms. The van der Waals surface area contributed by atoms with Crippen LogP contribution in [-0.4, -0.2) is 0 Å². The minimum absolute atomic E-state index is 0.357. The molecule has 2 aliphatic rings. The molecule has 0 unspecified atom stereocenters. The third-order valence-corrected chi connectivity index (χ3v) is 10.1. The Hall–Kier alpha value is -2.20. The maximum absolute atomic E-state index is 14.1. The standard InChI is InChI=1S/C31H34F3S/c32-31(33,34)29-13-7-8-14-30(29)35(27-19-15-25(16-20-27)23-9-3-1-4-10-23)28-21-17-26(18-22-28)24-11-5-2-6-12-24/h7-8,13-24H,1-6,9-12H2/q+1. The lowest BCUT2D eigenvalue weighted by molar-refractivity contribution is -0.139. The van der Waals surface area contributed by atoms with Crippen LogP contribution in [0, 0.1) is 0 Å². The summed E-state index contributed by atoms with van der Waals surface area (Å²) in [6.07, 6.45) is 8.15. The highest BCUT2D eigenvalue weighted by atomic mass is 32.2. The van der Waals surface area contributed by atoms with Crippen LogP contribution in [0.5, 0.6) is 0 Å². The molecule has 0 amide bonds. The summed E-state index contributed by atoms with van der Waals surface area (Å²) in [4.78, 5) is 2.26. The first-order valence-electron chi connectivity index (χ1n) is 13.1. The molecule has 5 rings (SSSR count). The van der Waals surface area contributed by atoms with Crippen molar-refractivity contribution in [1.82, 2.24) is 0 Å². The molecule has 0 aliphatic heterocycles. The molecule has 2 aliphatic carbocycles. The quantitative estimate of drug-likeness (QED) is 0.309. The van der Waals surface area contributed by atoms with Crippen LogP contribution in [0.3, 0.4) is 0 Å². The summed E-state index contributed by atoms with van der Waals surface area (Å²) >= 11 is 0. The summed E-state index contributed by atoms with van der Waals surface area (Å²) in [5.41, 5.74) is 2.12. The van der Waals surface area contributed by atoms with E-state index in [1.807, 2.05) is 0 Å². The average Bonchev–Trinajstić information content (AvgIpc) is 2.90. The van der Waals surface area contributed by atoms with E-state index in [-0.39, 0.29) is 0 Å². The van der Waals surface area contributed by atoms with E-state index in [2.05, 4.69) is 48.5 Å². The second kappa shape index (κ2) is 10.8. The number of hydrogen-bond donors (Lipinski definition) is 0. The molecule has 2 fully saturated rings. The van der Waals surface area contributed by atoms with E-state index < -0.39 is 22.6 Å². The SMILES string of the molecule is FC(F)(F)c1ccccc1[S+](c1ccc(C2CCCCC2)cc1)c1ccc(C2CCCCC2)cc1.